The van der Waals surface area contributed by atoms with Gasteiger partial charge in [-0.2, -0.15) is 0 Å². The second-order valence-electron chi connectivity index (χ2n) is 4.33. The van der Waals surface area contributed by atoms with Crippen molar-refractivity contribution in [3.63, 3.8) is 0 Å². The molecule has 1 rings (SSSR count). The molecule has 17 heavy (non-hydrogen) atoms. The molecule has 1 aromatic carbocycles. The highest BCUT2D eigenvalue weighted by Crippen LogP contribution is 2.09. The smallest absolute Gasteiger partial charge is 0.306 e. The highest BCUT2D eigenvalue weighted by Gasteiger charge is 2.01. The largest absolute Gasteiger partial charge is 0.461 e. The van der Waals surface area contributed by atoms with Crippen LogP contribution in [0.1, 0.15) is 50.7 Å². The number of carbonyl (C=O) groups excluding carboxylic acids is 1. The van der Waals surface area contributed by atoms with Gasteiger partial charge in [0.2, 0.25) is 0 Å². The molecule has 0 heterocycles. The van der Waals surface area contributed by atoms with Crippen molar-refractivity contribution >= 4 is 5.97 Å². The van der Waals surface area contributed by atoms with Gasteiger partial charge in [-0.3, -0.25) is 4.79 Å². The fourth-order valence-electron chi connectivity index (χ4n) is 1.62. The molecule has 0 aliphatic heterocycles. The molecule has 1 aromatic rings. The Morgan fingerprint density at radius 1 is 1.06 bits per heavy atom. The number of aryl methyl sites for hydroxylation is 1. The maximum atomic E-state index is 11.2. The number of ether oxygens (including phenoxy) is 1. The standard InChI is InChI=1S/C15H22O2/c1-3-5-7-13-8-10-14(11-9-13)12-17-15(16)6-4-2/h8-11H,3-7,12H2,1-2H3. The molecule has 0 aliphatic rings. The lowest BCUT2D eigenvalue weighted by Crippen LogP contribution is -2.03. The zero-order valence-corrected chi connectivity index (χ0v) is 10.9. The van der Waals surface area contributed by atoms with Crippen LogP contribution < -0.4 is 0 Å². The Morgan fingerprint density at radius 2 is 1.71 bits per heavy atom. The maximum Gasteiger partial charge on any atom is 0.306 e. The molecular weight excluding hydrogens is 212 g/mol. The van der Waals surface area contributed by atoms with Gasteiger partial charge < -0.3 is 4.74 Å². The Hall–Kier alpha value is -1.31. The minimum Gasteiger partial charge on any atom is -0.461 e. The lowest BCUT2D eigenvalue weighted by Gasteiger charge is -2.05. The molecule has 0 aliphatic carbocycles. The summed E-state index contributed by atoms with van der Waals surface area (Å²) in [4.78, 5) is 11.2. The minimum atomic E-state index is -0.109. The Bertz CT molecular complexity index is 327. The van der Waals surface area contributed by atoms with Crippen LogP contribution in [-0.2, 0) is 22.6 Å². The third-order valence-electron chi connectivity index (χ3n) is 2.70. The number of carbonyl (C=O) groups is 1. The normalized spacial score (nSPS) is 10.2. The second-order valence-corrected chi connectivity index (χ2v) is 4.33. The zero-order valence-electron chi connectivity index (χ0n) is 10.9. The van der Waals surface area contributed by atoms with E-state index in [-0.39, 0.29) is 5.97 Å². The summed E-state index contributed by atoms with van der Waals surface area (Å²) < 4.78 is 5.15. The summed E-state index contributed by atoms with van der Waals surface area (Å²) in [7, 11) is 0. The van der Waals surface area contributed by atoms with Gasteiger partial charge in [0.05, 0.1) is 0 Å². The van der Waals surface area contributed by atoms with Gasteiger partial charge in [0, 0.05) is 6.42 Å². The van der Waals surface area contributed by atoms with Crippen LogP contribution in [0.2, 0.25) is 0 Å². The Labute approximate surface area is 104 Å². The predicted octanol–water partition coefficient (Wildman–Crippen LogP) is 3.87. The monoisotopic (exact) mass is 234 g/mol. The molecule has 2 heteroatoms. The number of esters is 1. The first kappa shape index (κ1) is 13.8. The van der Waals surface area contributed by atoms with Crippen molar-refractivity contribution in [2.75, 3.05) is 0 Å². The van der Waals surface area contributed by atoms with E-state index in [0.717, 1.165) is 18.4 Å². The molecule has 0 aromatic heterocycles. The predicted molar refractivity (Wildman–Crippen MR) is 69.8 cm³/mol. The van der Waals surface area contributed by atoms with Gasteiger partial charge in [0.15, 0.2) is 0 Å². The van der Waals surface area contributed by atoms with Crippen LogP contribution in [0.4, 0.5) is 0 Å². The van der Waals surface area contributed by atoms with Gasteiger partial charge in [-0.1, -0.05) is 44.5 Å². The van der Waals surface area contributed by atoms with Crippen molar-refractivity contribution in [2.45, 2.75) is 52.6 Å². The summed E-state index contributed by atoms with van der Waals surface area (Å²) >= 11 is 0. The van der Waals surface area contributed by atoms with Crippen molar-refractivity contribution in [1.82, 2.24) is 0 Å². The van der Waals surface area contributed by atoms with Crippen LogP contribution in [0.15, 0.2) is 24.3 Å². The first-order valence-corrected chi connectivity index (χ1v) is 6.49. The summed E-state index contributed by atoms with van der Waals surface area (Å²) in [5, 5.41) is 0. The second kappa shape index (κ2) is 7.88. The molecule has 2 nitrogen and oxygen atoms in total. The molecule has 0 spiro atoms. The van der Waals surface area contributed by atoms with E-state index in [1.54, 1.807) is 0 Å². The van der Waals surface area contributed by atoms with E-state index < -0.39 is 0 Å². The van der Waals surface area contributed by atoms with E-state index in [4.69, 9.17) is 4.74 Å². The molecule has 0 unspecified atom stereocenters. The average Bonchev–Trinajstić information content (AvgIpc) is 2.35. The van der Waals surface area contributed by atoms with Crippen LogP contribution in [-0.4, -0.2) is 5.97 Å². The topological polar surface area (TPSA) is 26.3 Å². The SMILES string of the molecule is CCCCc1ccc(COC(=O)CCC)cc1. The fourth-order valence-corrected chi connectivity index (χ4v) is 1.62. The quantitative estimate of drug-likeness (QED) is 0.669. The first-order valence-electron chi connectivity index (χ1n) is 6.49. The summed E-state index contributed by atoms with van der Waals surface area (Å²) in [6, 6.07) is 8.34. The van der Waals surface area contributed by atoms with E-state index in [9.17, 15) is 4.79 Å². The minimum absolute atomic E-state index is 0.109. The van der Waals surface area contributed by atoms with Crippen LogP contribution >= 0.6 is 0 Å². The highest BCUT2D eigenvalue weighted by molar-refractivity contribution is 5.69. The van der Waals surface area contributed by atoms with E-state index in [2.05, 4.69) is 19.1 Å². The van der Waals surface area contributed by atoms with E-state index in [1.807, 2.05) is 19.1 Å². The fraction of sp³-hybridized carbons (Fsp3) is 0.533. The Morgan fingerprint density at radius 3 is 2.29 bits per heavy atom. The van der Waals surface area contributed by atoms with Gasteiger partial charge in [0.25, 0.3) is 0 Å². The van der Waals surface area contributed by atoms with Crippen molar-refractivity contribution in [3.05, 3.63) is 35.4 Å². The first-order chi connectivity index (χ1) is 8.26. The Kier molecular flexibility index (Phi) is 6.38. The third-order valence-corrected chi connectivity index (χ3v) is 2.70. The van der Waals surface area contributed by atoms with Crippen LogP contribution in [0, 0.1) is 0 Å². The molecule has 94 valence electrons. The van der Waals surface area contributed by atoms with Gasteiger partial charge in [-0.15, -0.1) is 0 Å². The molecular formula is C15H22O2. The van der Waals surface area contributed by atoms with E-state index >= 15 is 0 Å². The summed E-state index contributed by atoms with van der Waals surface area (Å²) in [5.41, 5.74) is 2.42. The number of benzene rings is 1. The lowest BCUT2D eigenvalue weighted by molar-refractivity contribution is -0.144. The van der Waals surface area contributed by atoms with Crippen molar-refractivity contribution in [1.29, 1.82) is 0 Å². The average molecular weight is 234 g/mol. The third kappa shape index (κ3) is 5.53. The van der Waals surface area contributed by atoms with Gasteiger partial charge >= 0.3 is 5.97 Å². The van der Waals surface area contributed by atoms with Crippen LogP contribution in [0.3, 0.4) is 0 Å². The van der Waals surface area contributed by atoms with Crippen LogP contribution in [0.5, 0.6) is 0 Å². The zero-order chi connectivity index (χ0) is 12.5. The molecule has 0 bridgehead atoms. The Balaban J connectivity index is 2.37. The molecule has 0 fully saturated rings. The van der Waals surface area contributed by atoms with Gasteiger partial charge in [-0.05, 0) is 30.4 Å². The number of rotatable bonds is 7. The van der Waals surface area contributed by atoms with Gasteiger partial charge in [-0.25, -0.2) is 0 Å². The number of hydrogen-bond acceptors (Lipinski definition) is 2. The molecule has 0 saturated carbocycles. The molecule has 0 radical (unpaired) electrons. The van der Waals surface area contributed by atoms with E-state index in [1.165, 1.54) is 18.4 Å². The lowest BCUT2D eigenvalue weighted by atomic mass is 10.1. The van der Waals surface area contributed by atoms with Crippen molar-refractivity contribution < 1.29 is 9.53 Å². The highest BCUT2D eigenvalue weighted by atomic mass is 16.5. The number of hydrogen-bond donors (Lipinski definition) is 0. The summed E-state index contributed by atoms with van der Waals surface area (Å²) in [6.45, 7) is 4.57. The van der Waals surface area contributed by atoms with E-state index in [0.29, 0.717) is 13.0 Å². The summed E-state index contributed by atoms with van der Waals surface area (Å²) in [6.07, 6.45) is 4.93. The van der Waals surface area contributed by atoms with Crippen molar-refractivity contribution in [2.24, 2.45) is 0 Å². The summed E-state index contributed by atoms with van der Waals surface area (Å²) in [5.74, 6) is -0.109. The molecule has 0 amide bonds. The maximum absolute atomic E-state index is 11.2. The molecule has 0 N–H and O–H groups in total. The van der Waals surface area contributed by atoms with Crippen LogP contribution in [0.25, 0.3) is 0 Å². The number of unbranched alkanes of at least 4 members (excludes halogenated alkanes) is 1. The van der Waals surface area contributed by atoms with Gasteiger partial charge in [0.1, 0.15) is 6.61 Å². The molecule has 0 saturated heterocycles. The van der Waals surface area contributed by atoms with Crippen molar-refractivity contribution in [3.8, 4) is 0 Å². The molecule has 0 atom stereocenters.